The minimum atomic E-state index is 0.346. The van der Waals surface area contributed by atoms with E-state index in [0.717, 1.165) is 35.1 Å². The van der Waals surface area contributed by atoms with Gasteiger partial charge in [-0.25, -0.2) is 0 Å². The maximum atomic E-state index is 5.84. The third kappa shape index (κ3) is 3.00. The van der Waals surface area contributed by atoms with Crippen molar-refractivity contribution in [3.63, 3.8) is 0 Å². The van der Waals surface area contributed by atoms with E-state index in [-0.39, 0.29) is 0 Å². The molecule has 3 aromatic rings. The number of hydrogen-bond donors (Lipinski definition) is 2. The number of hydrogen-bond acceptors (Lipinski definition) is 4. The van der Waals surface area contributed by atoms with Crippen LogP contribution in [0, 0.1) is 0 Å². The van der Waals surface area contributed by atoms with Crippen molar-refractivity contribution < 1.29 is 0 Å². The quantitative estimate of drug-likeness (QED) is 0.663. The molecule has 0 radical (unpaired) electrons. The highest BCUT2D eigenvalue weighted by Crippen LogP contribution is 2.31. The van der Waals surface area contributed by atoms with Gasteiger partial charge in [-0.05, 0) is 42.1 Å². The average molecular weight is 297 g/mol. The van der Waals surface area contributed by atoms with Gasteiger partial charge in [-0.1, -0.05) is 19.4 Å². The lowest BCUT2D eigenvalue weighted by Crippen LogP contribution is -2.09. The van der Waals surface area contributed by atoms with E-state index in [2.05, 4.69) is 34.7 Å². The Labute approximate surface area is 128 Å². The van der Waals surface area contributed by atoms with Crippen LogP contribution >= 0.6 is 11.3 Å². The summed E-state index contributed by atoms with van der Waals surface area (Å²) in [5.74, 6) is 0. The van der Waals surface area contributed by atoms with Crippen molar-refractivity contribution in [3.8, 4) is 0 Å². The fraction of sp³-hybridized carbons (Fsp3) is 0.235. The van der Waals surface area contributed by atoms with E-state index >= 15 is 0 Å². The van der Waals surface area contributed by atoms with E-state index in [9.17, 15) is 0 Å². The Morgan fingerprint density at radius 3 is 2.95 bits per heavy atom. The van der Waals surface area contributed by atoms with Crippen molar-refractivity contribution in [3.05, 3.63) is 52.9 Å². The number of nitrogen functional groups attached to an aromatic ring is 1. The van der Waals surface area contributed by atoms with Gasteiger partial charge in [0, 0.05) is 27.8 Å². The molecule has 2 heterocycles. The predicted molar refractivity (Wildman–Crippen MR) is 91.7 cm³/mol. The first-order chi connectivity index (χ1) is 10.3. The molecule has 0 bridgehead atoms. The molecule has 0 spiro atoms. The first-order valence-corrected chi connectivity index (χ1v) is 8.10. The van der Waals surface area contributed by atoms with Crippen LogP contribution in [0.5, 0.6) is 0 Å². The molecule has 0 saturated heterocycles. The van der Waals surface area contributed by atoms with Crippen molar-refractivity contribution in [2.75, 3.05) is 11.1 Å². The second-order valence-electron chi connectivity index (χ2n) is 5.14. The van der Waals surface area contributed by atoms with E-state index in [1.807, 2.05) is 30.5 Å². The summed E-state index contributed by atoms with van der Waals surface area (Å²) >= 11 is 1.80. The molecule has 108 valence electrons. The van der Waals surface area contributed by atoms with Crippen molar-refractivity contribution in [2.24, 2.45) is 0 Å². The highest BCUT2D eigenvalue weighted by Gasteiger charge is 2.13. The minimum Gasteiger partial charge on any atom is -0.399 e. The number of thiophene rings is 1. The number of rotatable bonds is 5. The lowest BCUT2D eigenvalue weighted by Gasteiger charge is -2.19. The van der Waals surface area contributed by atoms with E-state index in [1.54, 1.807) is 11.3 Å². The Balaban J connectivity index is 1.96. The van der Waals surface area contributed by atoms with Gasteiger partial charge in [0.2, 0.25) is 0 Å². The van der Waals surface area contributed by atoms with Gasteiger partial charge in [-0.3, -0.25) is 4.98 Å². The van der Waals surface area contributed by atoms with Crippen LogP contribution in [0.2, 0.25) is 0 Å². The van der Waals surface area contributed by atoms with E-state index in [1.165, 1.54) is 4.88 Å². The summed E-state index contributed by atoms with van der Waals surface area (Å²) in [4.78, 5) is 5.77. The summed E-state index contributed by atoms with van der Waals surface area (Å²) in [5, 5.41) is 6.92. The largest absolute Gasteiger partial charge is 0.399 e. The van der Waals surface area contributed by atoms with Gasteiger partial charge in [-0.15, -0.1) is 11.3 Å². The molecule has 1 aromatic carbocycles. The molecule has 0 aliphatic heterocycles. The Hall–Kier alpha value is -2.07. The van der Waals surface area contributed by atoms with Crippen LogP contribution in [0.1, 0.15) is 30.7 Å². The Morgan fingerprint density at radius 2 is 2.19 bits per heavy atom. The number of anilines is 2. The highest BCUT2D eigenvalue weighted by atomic mass is 32.1. The Bertz CT molecular complexity index is 722. The summed E-state index contributed by atoms with van der Waals surface area (Å²) in [6.07, 6.45) is 4.09. The molecule has 3 nitrogen and oxygen atoms in total. The number of benzene rings is 1. The fourth-order valence-electron chi connectivity index (χ4n) is 2.54. The second-order valence-corrected chi connectivity index (χ2v) is 6.12. The maximum absolute atomic E-state index is 5.84. The summed E-state index contributed by atoms with van der Waals surface area (Å²) in [6.45, 7) is 2.22. The van der Waals surface area contributed by atoms with Crippen LogP contribution in [0.3, 0.4) is 0 Å². The third-order valence-electron chi connectivity index (χ3n) is 3.56. The lowest BCUT2D eigenvalue weighted by atomic mass is 10.1. The van der Waals surface area contributed by atoms with E-state index < -0.39 is 0 Å². The second kappa shape index (κ2) is 6.14. The molecule has 0 aliphatic rings. The molecule has 21 heavy (non-hydrogen) atoms. The molecular formula is C17H19N3S. The first kappa shape index (κ1) is 13.9. The number of nitrogens with zero attached hydrogens (tertiary/aromatic N) is 1. The molecule has 4 heteroatoms. The zero-order valence-corrected chi connectivity index (χ0v) is 12.9. The zero-order chi connectivity index (χ0) is 14.7. The van der Waals surface area contributed by atoms with E-state index in [0.29, 0.717) is 6.04 Å². The standard InChI is InChI=1S/C17H19N3S/c1-2-4-15(17-5-3-10-21-17)20-14-8-9-19-16-11-12(18)6-7-13(14)16/h3,5-11,15H,2,4,18H2,1H3,(H,19,20). The molecule has 1 unspecified atom stereocenters. The fourth-order valence-corrected chi connectivity index (χ4v) is 3.35. The molecular weight excluding hydrogens is 278 g/mol. The number of fused-ring (bicyclic) bond motifs is 1. The Kier molecular flexibility index (Phi) is 4.06. The van der Waals surface area contributed by atoms with Gasteiger partial charge in [0.25, 0.3) is 0 Å². The highest BCUT2D eigenvalue weighted by molar-refractivity contribution is 7.10. The molecule has 1 atom stereocenters. The Morgan fingerprint density at radius 1 is 1.29 bits per heavy atom. The first-order valence-electron chi connectivity index (χ1n) is 7.22. The van der Waals surface area contributed by atoms with Gasteiger partial charge in [0.1, 0.15) is 0 Å². The summed E-state index contributed by atoms with van der Waals surface area (Å²) in [5.41, 5.74) is 8.64. The van der Waals surface area contributed by atoms with Crippen LogP contribution in [-0.2, 0) is 0 Å². The monoisotopic (exact) mass is 297 g/mol. The topological polar surface area (TPSA) is 50.9 Å². The minimum absolute atomic E-state index is 0.346. The van der Waals surface area contributed by atoms with Crippen molar-refractivity contribution in [1.82, 2.24) is 4.98 Å². The predicted octanol–water partition coefficient (Wildman–Crippen LogP) is 4.83. The van der Waals surface area contributed by atoms with Crippen LogP contribution in [0.25, 0.3) is 10.9 Å². The van der Waals surface area contributed by atoms with Crippen molar-refractivity contribution >= 4 is 33.6 Å². The van der Waals surface area contributed by atoms with Crippen LogP contribution in [0.4, 0.5) is 11.4 Å². The average Bonchev–Trinajstić information content (AvgIpc) is 3.01. The number of pyridine rings is 1. The molecule has 0 aliphatic carbocycles. The van der Waals surface area contributed by atoms with Gasteiger partial charge >= 0.3 is 0 Å². The van der Waals surface area contributed by atoms with Gasteiger partial charge in [0.15, 0.2) is 0 Å². The molecule has 3 N–H and O–H groups in total. The number of aromatic nitrogens is 1. The van der Waals surface area contributed by atoms with Crippen molar-refractivity contribution in [1.29, 1.82) is 0 Å². The maximum Gasteiger partial charge on any atom is 0.0743 e. The smallest absolute Gasteiger partial charge is 0.0743 e. The zero-order valence-electron chi connectivity index (χ0n) is 12.0. The van der Waals surface area contributed by atoms with E-state index in [4.69, 9.17) is 5.73 Å². The molecule has 2 aromatic heterocycles. The van der Waals surface area contributed by atoms with Gasteiger partial charge < -0.3 is 11.1 Å². The summed E-state index contributed by atoms with van der Waals surface area (Å²) < 4.78 is 0. The number of nitrogens with one attached hydrogen (secondary N) is 1. The molecule has 0 saturated carbocycles. The van der Waals surface area contributed by atoms with Crippen molar-refractivity contribution in [2.45, 2.75) is 25.8 Å². The lowest BCUT2D eigenvalue weighted by molar-refractivity contribution is 0.688. The summed E-state index contributed by atoms with van der Waals surface area (Å²) in [7, 11) is 0. The molecule has 3 rings (SSSR count). The van der Waals surface area contributed by atoms with Crippen LogP contribution in [-0.4, -0.2) is 4.98 Å². The van der Waals surface area contributed by atoms with Gasteiger partial charge in [0.05, 0.1) is 11.6 Å². The normalized spacial score (nSPS) is 12.4. The summed E-state index contributed by atoms with van der Waals surface area (Å²) in [6, 6.07) is 12.6. The van der Waals surface area contributed by atoms with Gasteiger partial charge in [-0.2, -0.15) is 0 Å². The molecule has 0 amide bonds. The number of nitrogens with two attached hydrogens (primary N) is 1. The molecule has 0 fully saturated rings. The van der Waals surface area contributed by atoms with Crippen LogP contribution < -0.4 is 11.1 Å². The third-order valence-corrected chi connectivity index (χ3v) is 4.55. The SMILES string of the molecule is CCCC(Nc1ccnc2cc(N)ccc12)c1cccs1. The van der Waals surface area contributed by atoms with Crippen LogP contribution in [0.15, 0.2) is 48.0 Å².